The zero-order chi connectivity index (χ0) is 16.5. The molecule has 1 aliphatic rings. The minimum atomic E-state index is -1.26. The summed E-state index contributed by atoms with van der Waals surface area (Å²) in [6.45, 7) is 1.84. The molecule has 1 aliphatic heterocycles. The van der Waals surface area contributed by atoms with Crippen molar-refractivity contribution in [3.05, 3.63) is 33.9 Å². The molecule has 1 heterocycles. The van der Waals surface area contributed by atoms with E-state index in [9.17, 15) is 24.8 Å². The predicted molar refractivity (Wildman–Crippen MR) is 81.2 cm³/mol. The number of carboxylic acids is 1. The molecule has 2 rings (SSSR count). The Kier molecular flexibility index (Phi) is 4.41. The molecular formula is C14H16N2O5S. The molecule has 1 fully saturated rings. The average molecular weight is 324 g/mol. The number of hydrogen-bond acceptors (Lipinski definition) is 5. The predicted octanol–water partition coefficient (Wildman–Crippen LogP) is 2.40. The molecule has 22 heavy (non-hydrogen) atoms. The summed E-state index contributed by atoms with van der Waals surface area (Å²) < 4.78 is 0. The Labute approximate surface area is 131 Å². The van der Waals surface area contributed by atoms with Crippen LogP contribution in [0.4, 0.5) is 5.69 Å². The van der Waals surface area contributed by atoms with Crippen LogP contribution >= 0.6 is 11.8 Å². The first-order chi connectivity index (χ1) is 10.3. The second kappa shape index (κ2) is 5.96. The van der Waals surface area contributed by atoms with Gasteiger partial charge in [-0.05, 0) is 38.2 Å². The number of amides is 1. The van der Waals surface area contributed by atoms with E-state index >= 15 is 0 Å². The molecular weight excluding hydrogens is 308 g/mol. The topological polar surface area (TPSA) is 101 Å². The van der Waals surface area contributed by atoms with Crippen molar-refractivity contribution in [2.24, 2.45) is 0 Å². The lowest BCUT2D eigenvalue weighted by atomic mass is 9.98. The van der Waals surface area contributed by atoms with Crippen LogP contribution in [0.5, 0.6) is 0 Å². The number of aliphatic carboxylic acids is 1. The Morgan fingerprint density at radius 1 is 1.45 bits per heavy atom. The molecule has 0 aliphatic carbocycles. The third kappa shape index (κ3) is 2.66. The van der Waals surface area contributed by atoms with Crippen molar-refractivity contribution in [1.82, 2.24) is 4.90 Å². The van der Waals surface area contributed by atoms with Crippen LogP contribution in [-0.2, 0) is 4.79 Å². The van der Waals surface area contributed by atoms with Crippen molar-refractivity contribution in [2.75, 3.05) is 12.8 Å². The molecule has 0 aromatic heterocycles. The zero-order valence-corrected chi connectivity index (χ0v) is 13.1. The summed E-state index contributed by atoms with van der Waals surface area (Å²) in [5.41, 5.74) is -1.27. The fourth-order valence-electron chi connectivity index (χ4n) is 2.63. The van der Waals surface area contributed by atoms with Crippen LogP contribution in [0.25, 0.3) is 0 Å². The molecule has 8 heteroatoms. The van der Waals surface area contributed by atoms with Gasteiger partial charge in [0.2, 0.25) is 0 Å². The number of likely N-dealkylation sites (tertiary alicyclic amines) is 1. The Hall–Kier alpha value is -2.09. The van der Waals surface area contributed by atoms with Crippen molar-refractivity contribution >= 4 is 29.3 Å². The van der Waals surface area contributed by atoms with Gasteiger partial charge < -0.3 is 10.0 Å². The fraction of sp³-hybridized carbons (Fsp3) is 0.429. The van der Waals surface area contributed by atoms with Crippen LogP contribution in [0.2, 0.25) is 0 Å². The quantitative estimate of drug-likeness (QED) is 0.518. The second-order valence-corrected chi connectivity index (χ2v) is 6.13. The summed E-state index contributed by atoms with van der Waals surface area (Å²) >= 11 is 1.22. The number of rotatable bonds is 4. The number of thioether (sulfide) groups is 1. The van der Waals surface area contributed by atoms with Gasteiger partial charge in [-0.2, -0.15) is 0 Å². The van der Waals surface area contributed by atoms with E-state index in [-0.39, 0.29) is 11.3 Å². The van der Waals surface area contributed by atoms with Crippen LogP contribution < -0.4 is 0 Å². The van der Waals surface area contributed by atoms with E-state index in [4.69, 9.17) is 0 Å². The molecule has 7 nitrogen and oxygen atoms in total. The summed E-state index contributed by atoms with van der Waals surface area (Å²) in [4.78, 5) is 36.3. The first-order valence-corrected chi connectivity index (χ1v) is 7.91. The lowest BCUT2D eigenvalue weighted by Crippen LogP contribution is -2.50. The van der Waals surface area contributed by atoms with Crippen molar-refractivity contribution in [2.45, 2.75) is 30.2 Å². The SMILES string of the molecule is CSc1ccc(C(=O)N2CCCC2(C)C(=O)O)cc1[N+](=O)[O-]. The number of benzene rings is 1. The molecule has 0 saturated carbocycles. The van der Waals surface area contributed by atoms with Gasteiger partial charge in [-0.1, -0.05) is 0 Å². The van der Waals surface area contributed by atoms with E-state index in [1.165, 1.54) is 41.8 Å². The van der Waals surface area contributed by atoms with Gasteiger partial charge in [0.05, 0.1) is 9.82 Å². The van der Waals surface area contributed by atoms with Crippen molar-refractivity contribution in [3.63, 3.8) is 0 Å². The standard InChI is InChI=1S/C14H16N2O5S/c1-14(13(18)19)6-3-7-15(14)12(17)9-4-5-11(22-2)10(8-9)16(20)21/h4-5,8H,3,6-7H2,1-2H3,(H,18,19). The number of carboxylic acid groups (broad SMARTS) is 1. The monoisotopic (exact) mass is 324 g/mol. The number of carbonyl (C=O) groups is 2. The molecule has 1 aromatic rings. The average Bonchev–Trinajstić information content (AvgIpc) is 2.89. The molecule has 0 radical (unpaired) electrons. The normalized spacial score (nSPS) is 20.9. The minimum absolute atomic E-state index is 0.138. The third-order valence-electron chi connectivity index (χ3n) is 3.97. The van der Waals surface area contributed by atoms with Crippen LogP contribution in [0.3, 0.4) is 0 Å². The number of hydrogen-bond donors (Lipinski definition) is 1. The maximum Gasteiger partial charge on any atom is 0.329 e. The molecule has 0 bridgehead atoms. The van der Waals surface area contributed by atoms with Crippen molar-refractivity contribution in [1.29, 1.82) is 0 Å². The Bertz CT molecular complexity index is 648. The van der Waals surface area contributed by atoms with Gasteiger partial charge in [0, 0.05) is 18.2 Å². The fourth-order valence-corrected chi connectivity index (χ4v) is 3.18. The Morgan fingerprint density at radius 2 is 2.14 bits per heavy atom. The molecule has 118 valence electrons. The highest BCUT2D eigenvalue weighted by atomic mass is 32.2. The molecule has 1 N–H and O–H groups in total. The highest BCUT2D eigenvalue weighted by Gasteiger charge is 2.46. The van der Waals surface area contributed by atoms with Crippen LogP contribution in [0.15, 0.2) is 23.1 Å². The summed E-state index contributed by atoms with van der Waals surface area (Å²) in [6.07, 6.45) is 2.68. The number of nitro groups is 1. The van der Waals surface area contributed by atoms with Crippen molar-refractivity contribution in [3.8, 4) is 0 Å². The molecule has 0 spiro atoms. The highest BCUT2D eigenvalue weighted by Crippen LogP contribution is 2.33. The molecule has 1 unspecified atom stereocenters. The summed E-state index contributed by atoms with van der Waals surface area (Å²) in [6, 6.07) is 4.24. The zero-order valence-electron chi connectivity index (χ0n) is 12.2. The van der Waals surface area contributed by atoms with Crippen molar-refractivity contribution < 1.29 is 19.6 Å². The molecule has 1 aromatic carbocycles. The molecule has 1 atom stereocenters. The maximum atomic E-state index is 12.6. The van der Waals surface area contributed by atoms with Gasteiger partial charge >= 0.3 is 5.97 Å². The minimum Gasteiger partial charge on any atom is -0.480 e. The van der Waals surface area contributed by atoms with Gasteiger partial charge in [-0.15, -0.1) is 11.8 Å². The van der Waals surface area contributed by atoms with Gasteiger partial charge in [0.1, 0.15) is 5.54 Å². The van der Waals surface area contributed by atoms with Crippen LogP contribution in [0, 0.1) is 10.1 Å². The summed E-state index contributed by atoms with van der Waals surface area (Å²) in [7, 11) is 0. The Balaban J connectivity index is 2.40. The van der Waals surface area contributed by atoms with E-state index in [0.717, 1.165) is 0 Å². The number of nitro benzene ring substituents is 1. The van der Waals surface area contributed by atoms with E-state index in [1.807, 2.05) is 0 Å². The smallest absolute Gasteiger partial charge is 0.329 e. The maximum absolute atomic E-state index is 12.6. The largest absolute Gasteiger partial charge is 0.480 e. The first kappa shape index (κ1) is 16.3. The van der Waals surface area contributed by atoms with E-state index < -0.39 is 22.3 Å². The summed E-state index contributed by atoms with van der Waals surface area (Å²) in [5, 5.41) is 20.4. The lowest BCUT2D eigenvalue weighted by molar-refractivity contribution is -0.387. The van der Waals surface area contributed by atoms with E-state index in [0.29, 0.717) is 24.3 Å². The number of carbonyl (C=O) groups excluding carboxylic acids is 1. The van der Waals surface area contributed by atoms with Gasteiger partial charge in [0.25, 0.3) is 11.6 Å². The van der Waals surface area contributed by atoms with Crippen LogP contribution in [0.1, 0.15) is 30.1 Å². The highest BCUT2D eigenvalue weighted by molar-refractivity contribution is 7.98. The summed E-state index contributed by atoms with van der Waals surface area (Å²) in [5.74, 6) is -1.55. The lowest BCUT2D eigenvalue weighted by Gasteiger charge is -2.31. The van der Waals surface area contributed by atoms with E-state index in [1.54, 1.807) is 6.26 Å². The third-order valence-corrected chi connectivity index (χ3v) is 4.75. The molecule has 1 amide bonds. The van der Waals surface area contributed by atoms with Crippen LogP contribution in [-0.4, -0.2) is 45.1 Å². The second-order valence-electron chi connectivity index (χ2n) is 5.28. The van der Waals surface area contributed by atoms with E-state index in [2.05, 4.69) is 0 Å². The van der Waals surface area contributed by atoms with Gasteiger partial charge in [0.15, 0.2) is 0 Å². The number of nitrogens with zero attached hydrogens (tertiary/aromatic N) is 2. The van der Waals surface area contributed by atoms with Gasteiger partial charge in [-0.25, -0.2) is 4.79 Å². The first-order valence-electron chi connectivity index (χ1n) is 6.69. The van der Waals surface area contributed by atoms with Gasteiger partial charge in [-0.3, -0.25) is 14.9 Å². The Morgan fingerprint density at radius 3 is 2.68 bits per heavy atom. The molecule has 1 saturated heterocycles.